The first-order chi connectivity index (χ1) is 8.68. The largest absolute Gasteiger partial charge is 0.390 e. The molecule has 106 valence electrons. The van der Waals surface area contributed by atoms with Crippen molar-refractivity contribution in [3.63, 3.8) is 0 Å². The summed E-state index contributed by atoms with van der Waals surface area (Å²) in [6.45, 7) is 5.71. The van der Waals surface area contributed by atoms with Crippen LogP contribution in [-0.4, -0.2) is 40.6 Å². The van der Waals surface area contributed by atoms with Crippen LogP contribution in [0.15, 0.2) is 0 Å². The van der Waals surface area contributed by atoms with Crippen molar-refractivity contribution in [1.82, 2.24) is 4.90 Å². The Labute approximate surface area is 120 Å². The molecule has 1 saturated heterocycles. The van der Waals surface area contributed by atoms with Gasteiger partial charge in [0.05, 0.1) is 5.60 Å². The summed E-state index contributed by atoms with van der Waals surface area (Å²) in [4.78, 5) is 2.60. The quantitative estimate of drug-likeness (QED) is 0.785. The number of likely N-dealkylation sites (tertiary alicyclic amines) is 1. The number of hydrogen-bond donors (Lipinski definition) is 1. The van der Waals surface area contributed by atoms with E-state index in [1.165, 1.54) is 38.6 Å². The second kappa shape index (κ2) is 6.71. The van der Waals surface area contributed by atoms with Crippen molar-refractivity contribution in [2.45, 2.75) is 57.5 Å². The summed E-state index contributed by atoms with van der Waals surface area (Å²) in [6.07, 6.45) is 8.42. The molecule has 0 aromatic carbocycles. The minimum Gasteiger partial charge on any atom is -0.390 e. The number of nitrogens with zero attached hydrogens (tertiary/aromatic N) is 1. The van der Waals surface area contributed by atoms with E-state index in [0.29, 0.717) is 5.92 Å². The Hall–Kier alpha value is 0.400. The molecule has 1 saturated carbocycles. The molecule has 2 rings (SSSR count). The molecule has 0 bridgehead atoms. The smallest absolute Gasteiger partial charge is 0.0700 e. The van der Waals surface area contributed by atoms with Crippen LogP contribution >= 0.6 is 15.9 Å². The van der Waals surface area contributed by atoms with Crippen LogP contribution < -0.4 is 0 Å². The fourth-order valence-electron chi connectivity index (χ4n) is 3.80. The van der Waals surface area contributed by atoms with Crippen LogP contribution in [0.3, 0.4) is 0 Å². The van der Waals surface area contributed by atoms with Gasteiger partial charge in [0.15, 0.2) is 0 Å². The summed E-state index contributed by atoms with van der Waals surface area (Å²) in [7, 11) is 0. The predicted molar refractivity (Wildman–Crippen MR) is 80.2 cm³/mol. The minimum atomic E-state index is -0.316. The Balaban J connectivity index is 1.86. The van der Waals surface area contributed by atoms with E-state index in [9.17, 15) is 5.11 Å². The van der Waals surface area contributed by atoms with Gasteiger partial charge >= 0.3 is 0 Å². The maximum absolute atomic E-state index is 10.7. The summed E-state index contributed by atoms with van der Waals surface area (Å²) >= 11 is 3.65. The first-order valence-corrected chi connectivity index (χ1v) is 8.81. The minimum absolute atomic E-state index is 0.316. The third-order valence-corrected chi connectivity index (χ3v) is 5.86. The molecule has 2 nitrogen and oxygen atoms in total. The van der Waals surface area contributed by atoms with Gasteiger partial charge in [-0.2, -0.15) is 0 Å². The van der Waals surface area contributed by atoms with E-state index in [1.807, 2.05) is 0 Å². The van der Waals surface area contributed by atoms with Crippen LogP contribution in [0.5, 0.6) is 0 Å². The van der Waals surface area contributed by atoms with Crippen LogP contribution in [0.25, 0.3) is 0 Å². The number of fused-ring (bicyclic) bond motifs is 1. The van der Waals surface area contributed by atoms with E-state index in [-0.39, 0.29) is 5.60 Å². The fraction of sp³-hybridized carbons (Fsp3) is 1.00. The molecular weight excluding hydrogens is 290 g/mol. The number of hydrogen-bond acceptors (Lipinski definition) is 2. The molecule has 0 aromatic heterocycles. The fourth-order valence-corrected chi connectivity index (χ4v) is 4.32. The second-order valence-electron chi connectivity index (χ2n) is 6.36. The summed E-state index contributed by atoms with van der Waals surface area (Å²) in [6, 6.07) is 0. The van der Waals surface area contributed by atoms with Crippen LogP contribution in [0.1, 0.15) is 51.9 Å². The lowest BCUT2D eigenvalue weighted by atomic mass is 9.71. The van der Waals surface area contributed by atoms with Crippen LogP contribution in [0, 0.1) is 11.8 Å². The molecule has 1 heterocycles. The maximum Gasteiger partial charge on any atom is 0.0700 e. The lowest BCUT2D eigenvalue weighted by molar-refractivity contribution is -0.0969. The molecule has 3 unspecified atom stereocenters. The molecule has 1 aliphatic carbocycles. The SMILES string of the molecule is CCCC(CBr)CN1CCC2(O)CCCCC2C1. The zero-order chi connectivity index (χ0) is 13.0. The average Bonchev–Trinajstić information content (AvgIpc) is 2.38. The highest BCUT2D eigenvalue weighted by Gasteiger charge is 2.42. The highest BCUT2D eigenvalue weighted by Crippen LogP contribution is 2.39. The monoisotopic (exact) mass is 317 g/mol. The summed E-state index contributed by atoms with van der Waals surface area (Å²) in [5.41, 5.74) is -0.316. The van der Waals surface area contributed by atoms with Gasteiger partial charge in [-0.05, 0) is 31.6 Å². The molecule has 1 N–H and O–H groups in total. The molecule has 0 amide bonds. The molecule has 0 aromatic rings. The standard InChI is InChI=1S/C15H28BrNO/c1-2-5-13(10-16)11-17-9-8-15(18)7-4-3-6-14(15)12-17/h13-14,18H,2-12H2,1H3. The van der Waals surface area contributed by atoms with E-state index in [0.717, 1.165) is 37.2 Å². The van der Waals surface area contributed by atoms with Crippen molar-refractivity contribution in [2.75, 3.05) is 25.0 Å². The Bertz CT molecular complexity index is 261. The topological polar surface area (TPSA) is 23.5 Å². The summed E-state index contributed by atoms with van der Waals surface area (Å²) in [5, 5.41) is 11.8. The van der Waals surface area contributed by atoms with Gasteiger partial charge in [0, 0.05) is 30.9 Å². The maximum atomic E-state index is 10.7. The molecular formula is C15H28BrNO. The van der Waals surface area contributed by atoms with E-state index >= 15 is 0 Å². The van der Waals surface area contributed by atoms with Crippen molar-refractivity contribution >= 4 is 15.9 Å². The van der Waals surface area contributed by atoms with Crippen molar-refractivity contribution < 1.29 is 5.11 Å². The number of rotatable bonds is 5. The van der Waals surface area contributed by atoms with Gasteiger partial charge in [0.1, 0.15) is 0 Å². The molecule has 2 fully saturated rings. The Morgan fingerprint density at radius 3 is 2.94 bits per heavy atom. The van der Waals surface area contributed by atoms with E-state index in [4.69, 9.17) is 0 Å². The van der Waals surface area contributed by atoms with E-state index in [1.54, 1.807) is 0 Å². The van der Waals surface area contributed by atoms with Gasteiger partial charge in [-0.25, -0.2) is 0 Å². The molecule has 2 aliphatic rings. The highest BCUT2D eigenvalue weighted by atomic mass is 79.9. The second-order valence-corrected chi connectivity index (χ2v) is 7.01. The summed E-state index contributed by atoms with van der Waals surface area (Å²) in [5.74, 6) is 1.32. The van der Waals surface area contributed by atoms with E-state index in [2.05, 4.69) is 27.8 Å². The zero-order valence-corrected chi connectivity index (χ0v) is 13.3. The molecule has 3 atom stereocenters. The lowest BCUT2D eigenvalue weighted by Crippen LogP contribution is -2.54. The number of piperidine rings is 1. The van der Waals surface area contributed by atoms with Crippen molar-refractivity contribution in [2.24, 2.45) is 11.8 Å². The number of halogens is 1. The van der Waals surface area contributed by atoms with E-state index < -0.39 is 0 Å². The van der Waals surface area contributed by atoms with Crippen molar-refractivity contribution in [3.05, 3.63) is 0 Å². The molecule has 3 heteroatoms. The average molecular weight is 318 g/mol. The van der Waals surface area contributed by atoms with Crippen LogP contribution in [0.2, 0.25) is 0 Å². The van der Waals surface area contributed by atoms with Gasteiger partial charge in [0.2, 0.25) is 0 Å². The predicted octanol–water partition coefficient (Wildman–Crippen LogP) is 3.42. The van der Waals surface area contributed by atoms with Gasteiger partial charge in [-0.1, -0.05) is 42.1 Å². The normalized spacial score (nSPS) is 35.2. The van der Waals surface area contributed by atoms with Crippen molar-refractivity contribution in [1.29, 1.82) is 0 Å². The van der Waals surface area contributed by atoms with Gasteiger partial charge in [0.25, 0.3) is 0 Å². The Morgan fingerprint density at radius 1 is 1.39 bits per heavy atom. The third kappa shape index (κ3) is 3.49. The van der Waals surface area contributed by atoms with Gasteiger partial charge < -0.3 is 10.0 Å². The number of aliphatic hydroxyl groups is 1. The zero-order valence-electron chi connectivity index (χ0n) is 11.7. The first-order valence-electron chi connectivity index (χ1n) is 7.68. The Morgan fingerprint density at radius 2 is 2.22 bits per heavy atom. The molecule has 1 aliphatic heterocycles. The highest BCUT2D eigenvalue weighted by molar-refractivity contribution is 9.09. The third-order valence-electron chi connectivity index (χ3n) is 4.94. The van der Waals surface area contributed by atoms with Crippen molar-refractivity contribution in [3.8, 4) is 0 Å². The first kappa shape index (κ1) is 14.8. The number of alkyl halides is 1. The molecule has 0 spiro atoms. The Kier molecular flexibility index (Phi) is 5.52. The van der Waals surface area contributed by atoms with Crippen LogP contribution in [-0.2, 0) is 0 Å². The molecule has 18 heavy (non-hydrogen) atoms. The van der Waals surface area contributed by atoms with Gasteiger partial charge in [-0.3, -0.25) is 0 Å². The lowest BCUT2D eigenvalue weighted by Gasteiger charge is -2.48. The van der Waals surface area contributed by atoms with Gasteiger partial charge in [-0.15, -0.1) is 0 Å². The van der Waals surface area contributed by atoms with Crippen LogP contribution in [0.4, 0.5) is 0 Å². The summed E-state index contributed by atoms with van der Waals surface area (Å²) < 4.78 is 0. The molecule has 0 radical (unpaired) electrons.